The van der Waals surface area contributed by atoms with Gasteiger partial charge in [0.25, 0.3) is 0 Å². The molecule has 0 aromatic carbocycles. The molecule has 0 aliphatic carbocycles. The molecule has 0 spiro atoms. The summed E-state index contributed by atoms with van der Waals surface area (Å²) in [5.74, 6) is 0.679. The van der Waals surface area contributed by atoms with E-state index in [0.29, 0.717) is 25.0 Å². The van der Waals surface area contributed by atoms with Gasteiger partial charge in [0.1, 0.15) is 0 Å². The third-order valence-corrected chi connectivity index (χ3v) is 5.19. The molecule has 2 heterocycles. The van der Waals surface area contributed by atoms with Crippen molar-refractivity contribution in [3.63, 3.8) is 0 Å². The molecule has 1 N–H and O–H groups in total. The van der Waals surface area contributed by atoms with E-state index in [1.54, 1.807) is 4.31 Å². The lowest BCUT2D eigenvalue weighted by molar-refractivity contribution is 0.202. The van der Waals surface area contributed by atoms with E-state index in [-0.39, 0.29) is 0 Å². The molecule has 2 fully saturated rings. The monoisotopic (exact) mass is 246 g/mol. The number of hydrogen-bond acceptors (Lipinski definition) is 3. The molecule has 0 bridgehead atoms. The van der Waals surface area contributed by atoms with Gasteiger partial charge in [-0.25, -0.2) is 12.7 Å². The number of nitrogens with one attached hydrogen (secondary N) is 1. The van der Waals surface area contributed by atoms with E-state index in [2.05, 4.69) is 5.32 Å². The quantitative estimate of drug-likeness (QED) is 0.784. The van der Waals surface area contributed by atoms with Crippen LogP contribution >= 0.6 is 0 Å². The molecule has 2 aliphatic rings. The Morgan fingerprint density at radius 3 is 2.31 bits per heavy atom. The van der Waals surface area contributed by atoms with Crippen molar-refractivity contribution in [3.05, 3.63) is 0 Å². The van der Waals surface area contributed by atoms with E-state index in [9.17, 15) is 8.42 Å². The van der Waals surface area contributed by atoms with E-state index in [4.69, 9.17) is 0 Å². The van der Waals surface area contributed by atoms with Crippen LogP contribution in [0.3, 0.4) is 0 Å². The first-order valence-electron chi connectivity index (χ1n) is 6.26. The number of sulfonamides is 1. The van der Waals surface area contributed by atoms with Gasteiger partial charge in [0.05, 0.1) is 6.26 Å². The molecule has 0 unspecified atom stereocenters. The molecule has 5 heteroatoms. The molecule has 2 rings (SSSR count). The summed E-state index contributed by atoms with van der Waals surface area (Å²) in [5.41, 5.74) is 0. The van der Waals surface area contributed by atoms with Gasteiger partial charge in [0, 0.05) is 19.1 Å². The maximum Gasteiger partial charge on any atom is 0.211 e. The highest BCUT2D eigenvalue weighted by molar-refractivity contribution is 7.88. The Morgan fingerprint density at radius 1 is 1.12 bits per heavy atom. The maximum absolute atomic E-state index is 11.4. The summed E-state index contributed by atoms with van der Waals surface area (Å²) in [6.07, 6.45) is 7.23. The van der Waals surface area contributed by atoms with Crippen LogP contribution in [-0.2, 0) is 10.0 Å². The maximum atomic E-state index is 11.4. The zero-order valence-electron chi connectivity index (χ0n) is 9.98. The zero-order valence-corrected chi connectivity index (χ0v) is 10.8. The Hall–Kier alpha value is -0.130. The van der Waals surface area contributed by atoms with E-state index < -0.39 is 10.0 Å². The van der Waals surface area contributed by atoms with Gasteiger partial charge in [-0.1, -0.05) is 6.42 Å². The lowest BCUT2D eigenvalue weighted by Gasteiger charge is -2.37. The van der Waals surface area contributed by atoms with Crippen molar-refractivity contribution < 1.29 is 8.42 Å². The van der Waals surface area contributed by atoms with Crippen LogP contribution in [-0.4, -0.2) is 44.7 Å². The molecule has 16 heavy (non-hydrogen) atoms. The minimum atomic E-state index is -2.97. The third kappa shape index (κ3) is 2.96. The largest absolute Gasteiger partial charge is 0.314 e. The summed E-state index contributed by atoms with van der Waals surface area (Å²) in [6.45, 7) is 2.56. The van der Waals surface area contributed by atoms with Crippen LogP contribution in [0.5, 0.6) is 0 Å². The van der Waals surface area contributed by atoms with Gasteiger partial charge in [-0.15, -0.1) is 0 Å². The SMILES string of the molecule is CS(=O)(=O)N1CCC([C@H]2CCCCN2)CC1. The van der Waals surface area contributed by atoms with Crippen LogP contribution in [0.15, 0.2) is 0 Å². The predicted octanol–water partition coefficient (Wildman–Crippen LogP) is 0.800. The van der Waals surface area contributed by atoms with Crippen LogP contribution < -0.4 is 5.32 Å². The van der Waals surface area contributed by atoms with Gasteiger partial charge in [0.15, 0.2) is 0 Å². The van der Waals surface area contributed by atoms with Gasteiger partial charge in [0.2, 0.25) is 10.0 Å². The smallest absolute Gasteiger partial charge is 0.211 e. The van der Waals surface area contributed by atoms with E-state index >= 15 is 0 Å². The van der Waals surface area contributed by atoms with Gasteiger partial charge >= 0.3 is 0 Å². The highest BCUT2D eigenvalue weighted by Gasteiger charge is 2.30. The van der Waals surface area contributed by atoms with Crippen LogP contribution in [0.2, 0.25) is 0 Å². The summed E-state index contributed by atoms with van der Waals surface area (Å²) in [4.78, 5) is 0. The van der Waals surface area contributed by atoms with Crippen LogP contribution in [0.4, 0.5) is 0 Å². The molecule has 94 valence electrons. The number of nitrogens with zero attached hydrogens (tertiary/aromatic N) is 1. The molecule has 0 radical (unpaired) electrons. The van der Waals surface area contributed by atoms with Gasteiger partial charge < -0.3 is 5.32 Å². The molecule has 2 saturated heterocycles. The second kappa shape index (κ2) is 5.02. The minimum Gasteiger partial charge on any atom is -0.314 e. The fraction of sp³-hybridized carbons (Fsp3) is 1.00. The zero-order chi connectivity index (χ0) is 11.6. The Bertz CT molecular complexity index is 315. The van der Waals surface area contributed by atoms with E-state index in [0.717, 1.165) is 19.4 Å². The highest BCUT2D eigenvalue weighted by atomic mass is 32.2. The average molecular weight is 246 g/mol. The van der Waals surface area contributed by atoms with Crippen molar-refractivity contribution in [2.45, 2.75) is 38.1 Å². The molecule has 2 aliphatic heterocycles. The van der Waals surface area contributed by atoms with Gasteiger partial charge in [-0.2, -0.15) is 0 Å². The molecular formula is C11H22N2O2S. The molecule has 1 atom stereocenters. The minimum absolute atomic E-state index is 0.635. The van der Waals surface area contributed by atoms with Crippen molar-refractivity contribution >= 4 is 10.0 Å². The lowest BCUT2D eigenvalue weighted by Crippen LogP contribution is -2.46. The Kier molecular flexibility index (Phi) is 3.87. The first-order chi connectivity index (χ1) is 7.57. The van der Waals surface area contributed by atoms with Crippen molar-refractivity contribution in [3.8, 4) is 0 Å². The van der Waals surface area contributed by atoms with Crippen LogP contribution in [0.25, 0.3) is 0 Å². The van der Waals surface area contributed by atoms with Crippen molar-refractivity contribution in [1.82, 2.24) is 9.62 Å². The Morgan fingerprint density at radius 2 is 1.81 bits per heavy atom. The second-order valence-electron chi connectivity index (χ2n) is 5.06. The summed E-state index contributed by atoms with van der Waals surface area (Å²) >= 11 is 0. The normalized spacial score (nSPS) is 30.4. The Labute approximate surface area is 98.4 Å². The molecular weight excluding hydrogens is 224 g/mol. The topological polar surface area (TPSA) is 49.4 Å². The van der Waals surface area contributed by atoms with Crippen molar-refractivity contribution in [1.29, 1.82) is 0 Å². The number of rotatable bonds is 2. The van der Waals surface area contributed by atoms with Crippen molar-refractivity contribution in [2.24, 2.45) is 5.92 Å². The van der Waals surface area contributed by atoms with Crippen LogP contribution in [0, 0.1) is 5.92 Å². The molecule has 0 saturated carbocycles. The second-order valence-corrected chi connectivity index (χ2v) is 7.04. The number of hydrogen-bond donors (Lipinski definition) is 1. The first-order valence-corrected chi connectivity index (χ1v) is 8.11. The fourth-order valence-electron chi connectivity index (χ4n) is 2.89. The van der Waals surface area contributed by atoms with E-state index in [1.165, 1.54) is 25.5 Å². The van der Waals surface area contributed by atoms with Gasteiger partial charge in [-0.3, -0.25) is 0 Å². The predicted molar refractivity (Wildman–Crippen MR) is 64.8 cm³/mol. The number of piperidine rings is 2. The molecule has 0 aromatic rings. The summed E-state index contributed by atoms with van der Waals surface area (Å²) < 4.78 is 24.4. The highest BCUT2D eigenvalue weighted by Crippen LogP contribution is 2.26. The summed E-state index contributed by atoms with van der Waals surface area (Å²) in [7, 11) is -2.97. The van der Waals surface area contributed by atoms with Crippen LogP contribution in [0.1, 0.15) is 32.1 Å². The Balaban J connectivity index is 1.85. The summed E-state index contributed by atoms with van der Waals surface area (Å²) in [5, 5.41) is 3.57. The molecule has 4 nitrogen and oxygen atoms in total. The molecule has 0 amide bonds. The van der Waals surface area contributed by atoms with E-state index in [1.807, 2.05) is 0 Å². The summed E-state index contributed by atoms with van der Waals surface area (Å²) in [6, 6.07) is 0.635. The van der Waals surface area contributed by atoms with Crippen molar-refractivity contribution in [2.75, 3.05) is 25.9 Å². The lowest BCUT2D eigenvalue weighted by atomic mass is 9.85. The standard InChI is InChI=1S/C11H22N2O2S/c1-16(14,15)13-8-5-10(6-9-13)11-4-2-3-7-12-11/h10-12H,2-9H2,1H3/t11-/m1/s1. The first kappa shape index (κ1) is 12.3. The average Bonchev–Trinajstić information content (AvgIpc) is 2.29. The third-order valence-electron chi connectivity index (χ3n) is 3.89. The van der Waals surface area contributed by atoms with Gasteiger partial charge in [-0.05, 0) is 38.1 Å². The molecule has 0 aromatic heterocycles. The fourth-order valence-corrected chi connectivity index (χ4v) is 3.77.